The molecule has 3 rings (SSSR count). The lowest BCUT2D eigenvalue weighted by Gasteiger charge is -2.19. The summed E-state index contributed by atoms with van der Waals surface area (Å²) in [5, 5.41) is 8.33. The van der Waals surface area contributed by atoms with Crippen molar-refractivity contribution >= 4 is 21.8 Å². The standard InChI is InChI=1S/C15H19N3O3S2/c1-22-15-17-16-14(21-15)12-6-8-13(9-7-12)23(19,20)18-10-4-2-3-5-11-18/h6-9H,2-5,10-11H2,1H3. The molecule has 0 radical (unpaired) electrons. The van der Waals surface area contributed by atoms with Gasteiger partial charge in [0.2, 0.25) is 15.9 Å². The Morgan fingerprint density at radius 2 is 1.70 bits per heavy atom. The molecule has 0 aliphatic carbocycles. The van der Waals surface area contributed by atoms with Crippen molar-refractivity contribution in [2.24, 2.45) is 0 Å². The van der Waals surface area contributed by atoms with Crippen LogP contribution in [0.3, 0.4) is 0 Å². The Balaban J connectivity index is 1.83. The highest BCUT2D eigenvalue weighted by Crippen LogP contribution is 2.25. The predicted molar refractivity (Wildman–Crippen MR) is 88.7 cm³/mol. The molecular weight excluding hydrogens is 334 g/mol. The van der Waals surface area contributed by atoms with Gasteiger partial charge in [-0.2, -0.15) is 4.31 Å². The second-order valence-corrected chi connectivity index (χ2v) is 8.12. The van der Waals surface area contributed by atoms with Gasteiger partial charge in [0.1, 0.15) is 0 Å². The summed E-state index contributed by atoms with van der Waals surface area (Å²) in [6.07, 6.45) is 5.90. The van der Waals surface area contributed by atoms with E-state index in [4.69, 9.17) is 4.42 Å². The second-order valence-electron chi connectivity index (χ2n) is 5.42. The topological polar surface area (TPSA) is 76.3 Å². The van der Waals surface area contributed by atoms with Crippen molar-refractivity contribution < 1.29 is 12.8 Å². The van der Waals surface area contributed by atoms with Gasteiger partial charge in [-0.25, -0.2) is 8.42 Å². The van der Waals surface area contributed by atoms with Gasteiger partial charge in [0.15, 0.2) is 0 Å². The molecule has 1 aliphatic rings. The lowest BCUT2D eigenvalue weighted by atomic mass is 10.2. The van der Waals surface area contributed by atoms with Gasteiger partial charge in [0.25, 0.3) is 5.22 Å². The second kappa shape index (κ2) is 7.02. The molecule has 0 spiro atoms. The Morgan fingerprint density at radius 1 is 1.04 bits per heavy atom. The van der Waals surface area contributed by atoms with E-state index >= 15 is 0 Å². The number of nitrogens with zero attached hydrogens (tertiary/aromatic N) is 3. The number of benzene rings is 1. The summed E-state index contributed by atoms with van der Waals surface area (Å²) < 4.78 is 32.5. The Kier molecular flexibility index (Phi) is 5.03. The molecule has 2 heterocycles. The van der Waals surface area contributed by atoms with Crippen LogP contribution in [0.1, 0.15) is 25.7 Å². The third kappa shape index (κ3) is 3.59. The summed E-state index contributed by atoms with van der Waals surface area (Å²) in [6.45, 7) is 1.20. The van der Waals surface area contributed by atoms with Crippen molar-refractivity contribution in [2.75, 3.05) is 19.3 Å². The molecular formula is C15H19N3O3S2. The largest absolute Gasteiger partial charge is 0.411 e. The van der Waals surface area contributed by atoms with Crippen molar-refractivity contribution in [3.63, 3.8) is 0 Å². The molecule has 1 fully saturated rings. The van der Waals surface area contributed by atoms with Gasteiger partial charge in [-0.1, -0.05) is 24.6 Å². The van der Waals surface area contributed by atoms with Gasteiger partial charge in [0.05, 0.1) is 4.90 Å². The van der Waals surface area contributed by atoms with Crippen LogP contribution in [0.25, 0.3) is 11.5 Å². The Bertz CT molecular complexity index is 749. The number of sulfonamides is 1. The highest BCUT2D eigenvalue weighted by molar-refractivity contribution is 7.98. The number of hydrogen-bond acceptors (Lipinski definition) is 6. The fourth-order valence-electron chi connectivity index (χ4n) is 2.61. The molecule has 1 aromatic heterocycles. The maximum Gasteiger partial charge on any atom is 0.276 e. The van der Waals surface area contributed by atoms with Crippen LogP contribution < -0.4 is 0 Å². The number of aromatic nitrogens is 2. The van der Waals surface area contributed by atoms with Crippen molar-refractivity contribution in [1.29, 1.82) is 0 Å². The smallest absolute Gasteiger partial charge is 0.276 e. The van der Waals surface area contributed by atoms with E-state index in [2.05, 4.69) is 10.2 Å². The van der Waals surface area contributed by atoms with E-state index in [0.717, 1.165) is 25.7 Å². The van der Waals surface area contributed by atoms with E-state index in [-0.39, 0.29) is 0 Å². The van der Waals surface area contributed by atoms with Gasteiger partial charge in [-0.3, -0.25) is 0 Å². The van der Waals surface area contributed by atoms with E-state index in [0.29, 0.717) is 34.7 Å². The van der Waals surface area contributed by atoms with Crippen molar-refractivity contribution in [3.05, 3.63) is 24.3 Å². The van der Waals surface area contributed by atoms with Crippen molar-refractivity contribution in [1.82, 2.24) is 14.5 Å². The minimum absolute atomic E-state index is 0.313. The normalized spacial score (nSPS) is 17.1. The first-order valence-electron chi connectivity index (χ1n) is 7.59. The van der Waals surface area contributed by atoms with Crippen LogP contribution in [0, 0.1) is 0 Å². The monoisotopic (exact) mass is 353 g/mol. The number of thioether (sulfide) groups is 1. The molecule has 0 atom stereocenters. The van der Waals surface area contributed by atoms with Crippen LogP contribution in [0.5, 0.6) is 0 Å². The maximum atomic E-state index is 12.7. The Morgan fingerprint density at radius 3 is 2.26 bits per heavy atom. The summed E-state index contributed by atoms with van der Waals surface area (Å²) >= 11 is 1.37. The molecule has 1 aromatic carbocycles. The summed E-state index contributed by atoms with van der Waals surface area (Å²) in [5.41, 5.74) is 0.715. The van der Waals surface area contributed by atoms with Gasteiger partial charge in [0, 0.05) is 18.7 Å². The Hall–Kier alpha value is -1.38. The predicted octanol–water partition coefficient (Wildman–Crippen LogP) is 3.02. The summed E-state index contributed by atoms with van der Waals surface area (Å²) in [5.74, 6) is 0.396. The molecule has 23 heavy (non-hydrogen) atoms. The summed E-state index contributed by atoms with van der Waals surface area (Å²) in [4.78, 5) is 0.313. The van der Waals surface area contributed by atoms with Crippen molar-refractivity contribution in [2.45, 2.75) is 35.8 Å². The van der Waals surface area contributed by atoms with Crippen LogP contribution >= 0.6 is 11.8 Å². The lowest BCUT2D eigenvalue weighted by molar-refractivity contribution is 0.423. The van der Waals surface area contributed by atoms with Crippen molar-refractivity contribution in [3.8, 4) is 11.5 Å². The quantitative estimate of drug-likeness (QED) is 0.787. The zero-order chi connectivity index (χ0) is 16.3. The van der Waals surface area contributed by atoms with Crippen LogP contribution in [-0.2, 0) is 10.0 Å². The number of rotatable bonds is 4. The summed E-state index contributed by atoms with van der Waals surface area (Å²) in [7, 11) is -3.42. The van der Waals surface area contributed by atoms with E-state index in [1.807, 2.05) is 6.26 Å². The van der Waals surface area contributed by atoms with Gasteiger partial charge in [-0.05, 0) is 43.4 Å². The van der Waals surface area contributed by atoms with Crippen LogP contribution in [0.4, 0.5) is 0 Å². The van der Waals surface area contributed by atoms with Crippen LogP contribution in [0.2, 0.25) is 0 Å². The molecule has 0 saturated carbocycles. The first-order chi connectivity index (χ1) is 11.1. The van der Waals surface area contributed by atoms with Gasteiger partial charge < -0.3 is 4.42 Å². The molecule has 0 unspecified atom stereocenters. The third-order valence-corrected chi connectivity index (χ3v) is 6.31. The first-order valence-corrected chi connectivity index (χ1v) is 10.3. The molecule has 124 valence electrons. The van der Waals surface area contributed by atoms with E-state index in [1.54, 1.807) is 28.6 Å². The van der Waals surface area contributed by atoms with Gasteiger partial charge in [-0.15, -0.1) is 10.2 Å². The highest BCUT2D eigenvalue weighted by Gasteiger charge is 2.25. The molecule has 1 saturated heterocycles. The average molecular weight is 353 g/mol. The maximum absolute atomic E-state index is 12.7. The molecule has 0 bridgehead atoms. The summed E-state index contributed by atoms with van der Waals surface area (Å²) in [6, 6.07) is 6.64. The molecule has 8 heteroatoms. The minimum atomic E-state index is -3.42. The molecule has 6 nitrogen and oxygen atoms in total. The molecule has 1 aliphatic heterocycles. The average Bonchev–Trinajstić information content (AvgIpc) is 2.88. The lowest BCUT2D eigenvalue weighted by Crippen LogP contribution is -2.31. The SMILES string of the molecule is CSc1nnc(-c2ccc(S(=O)(=O)N3CCCCCC3)cc2)o1. The van der Waals surface area contributed by atoms with E-state index in [9.17, 15) is 8.42 Å². The minimum Gasteiger partial charge on any atom is -0.411 e. The zero-order valence-electron chi connectivity index (χ0n) is 12.9. The number of hydrogen-bond donors (Lipinski definition) is 0. The highest BCUT2D eigenvalue weighted by atomic mass is 32.2. The van der Waals surface area contributed by atoms with Crippen LogP contribution in [-0.4, -0.2) is 42.3 Å². The fourth-order valence-corrected chi connectivity index (χ4v) is 4.41. The third-order valence-electron chi connectivity index (χ3n) is 3.89. The van der Waals surface area contributed by atoms with Gasteiger partial charge >= 0.3 is 0 Å². The molecule has 0 N–H and O–H groups in total. The van der Waals surface area contributed by atoms with Crippen LogP contribution in [0.15, 0.2) is 38.8 Å². The Labute approximate surface area is 140 Å². The van der Waals surface area contributed by atoms with E-state index < -0.39 is 10.0 Å². The fraction of sp³-hybridized carbons (Fsp3) is 0.467. The van der Waals surface area contributed by atoms with E-state index in [1.165, 1.54) is 11.8 Å². The molecule has 0 amide bonds. The first kappa shape index (κ1) is 16.5. The molecule has 2 aromatic rings. The zero-order valence-corrected chi connectivity index (χ0v) is 14.6.